The molecule has 0 aliphatic heterocycles. The molecular weight excluding hydrogens is 446 g/mol. The van der Waals surface area contributed by atoms with Crippen LogP contribution in [0.3, 0.4) is 0 Å². The summed E-state index contributed by atoms with van der Waals surface area (Å²) < 4.78 is 9.50. The second kappa shape index (κ2) is 10.2. The summed E-state index contributed by atoms with van der Waals surface area (Å²) in [5, 5.41) is 21.8. The van der Waals surface area contributed by atoms with Gasteiger partial charge in [0.1, 0.15) is 37.9 Å². The molecule has 10 heteroatoms. The van der Waals surface area contributed by atoms with Crippen molar-refractivity contribution in [3.63, 3.8) is 0 Å². The number of fused-ring (bicyclic) bond motifs is 1. The highest BCUT2D eigenvalue weighted by atomic mass is 16.6. The van der Waals surface area contributed by atoms with E-state index in [1.54, 1.807) is 18.9 Å². The van der Waals surface area contributed by atoms with Gasteiger partial charge in [-0.2, -0.15) is 5.10 Å². The fraction of sp³-hybridized carbons (Fsp3) is 0.360. The maximum atomic E-state index is 9.97. The molecule has 5 rings (SSSR count). The lowest BCUT2D eigenvalue weighted by atomic mass is 10.2. The van der Waals surface area contributed by atoms with E-state index in [2.05, 4.69) is 15.7 Å². The van der Waals surface area contributed by atoms with Gasteiger partial charge in [-0.1, -0.05) is 12.1 Å². The molecule has 3 aromatic heterocycles. The number of aliphatic hydroxyl groups excluding tert-OH is 1. The Hall–Kier alpha value is -3.76. The minimum atomic E-state index is -0.590. The number of ether oxygens (including phenoxy) is 1. The summed E-state index contributed by atoms with van der Waals surface area (Å²) in [6.07, 6.45) is 5.32. The van der Waals surface area contributed by atoms with Gasteiger partial charge >= 0.3 is 0 Å². The molecule has 182 valence electrons. The Morgan fingerprint density at radius 2 is 2.09 bits per heavy atom. The number of nitrogens with one attached hydrogen (secondary N) is 2. The molecule has 0 saturated heterocycles. The van der Waals surface area contributed by atoms with E-state index in [0.717, 1.165) is 35.1 Å². The standard InChI is InChI=1S/C25H30N7O3/c1-26-14-20(33)16-35-21-8-5-6-17(12-21)23-29-24(27-13-19-7-3-4-11-31(19)34-2)22-15-28-32(18-9-10-18)25(22)30-23/h3-8,11-12,15,18,20,26,33H,9-10,13-14,16H2,1-2H3,(H,27,29,30)/q+1. The number of hydrogen-bond acceptors (Lipinski definition) is 8. The third kappa shape index (κ3) is 5.18. The predicted molar refractivity (Wildman–Crippen MR) is 131 cm³/mol. The Bertz CT molecular complexity index is 1310. The number of hydrogen-bond donors (Lipinski definition) is 3. The molecule has 4 aromatic rings. The van der Waals surface area contributed by atoms with Gasteiger partial charge < -0.3 is 20.5 Å². The van der Waals surface area contributed by atoms with Gasteiger partial charge in [0, 0.05) is 29.0 Å². The fourth-order valence-corrected chi connectivity index (χ4v) is 3.94. The van der Waals surface area contributed by atoms with Gasteiger partial charge in [0.2, 0.25) is 6.20 Å². The van der Waals surface area contributed by atoms with Crippen molar-refractivity contribution in [1.29, 1.82) is 0 Å². The van der Waals surface area contributed by atoms with Gasteiger partial charge in [0.25, 0.3) is 5.69 Å². The molecule has 1 aliphatic rings. The first-order valence-corrected chi connectivity index (χ1v) is 11.8. The molecule has 0 spiro atoms. The van der Waals surface area contributed by atoms with Crippen LogP contribution in [0.25, 0.3) is 22.4 Å². The van der Waals surface area contributed by atoms with Gasteiger partial charge in [-0.25, -0.2) is 14.6 Å². The van der Waals surface area contributed by atoms with E-state index >= 15 is 0 Å². The Morgan fingerprint density at radius 3 is 2.89 bits per heavy atom. The highest BCUT2D eigenvalue weighted by molar-refractivity contribution is 5.88. The molecule has 3 N–H and O–H groups in total. The number of nitrogens with zero attached hydrogens (tertiary/aromatic N) is 5. The van der Waals surface area contributed by atoms with E-state index in [4.69, 9.17) is 19.5 Å². The quantitative estimate of drug-likeness (QED) is 0.281. The molecule has 3 heterocycles. The van der Waals surface area contributed by atoms with E-state index in [1.165, 1.54) is 0 Å². The topological polar surface area (TPSA) is 110 Å². The van der Waals surface area contributed by atoms with Crippen LogP contribution in [0.15, 0.2) is 54.9 Å². The summed E-state index contributed by atoms with van der Waals surface area (Å²) in [6.45, 7) is 1.17. The number of benzene rings is 1. The van der Waals surface area contributed by atoms with Crippen molar-refractivity contribution in [1.82, 2.24) is 25.1 Å². The minimum Gasteiger partial charge on any atom is -0.491 e. The number of aliphatic hydroxyl groups is 1. The zero-order valence-electron chi connectivity index (χ0n) is 19.9. The van der Waals surface area contributed by atoms with Crippen molar-refractivity contribution in [2.75, 3.05) is 32.6 Å². The molecule has 0 radical (unpaired) electrons. The van der Waals surface area contributed by atoms with Gasteiger partial charge in [-0.3, -0.25) is 4.84 Å². The molecule has 35 heavy (non-hydrogen) atoms. The maximum Gasteiger partial charge on any atom is 0.253 e. The smallest absolute Gasteiger partial charge is 0.253 e. The first kappa shape index (κ1) is 23.0. The van der Waals surface area contributed by atoms with Gasteiger partial charge in [0.05, 0.1) is 17.6 Å². The van der Waals surface area contributed by atoms with E-state index in [1.807, 2.05) is 59.5 Å². The second-order valence-electron chi connectivity index (χ2n) is 8.56. The van der Waals surface area contributed by atoms with Gasteiger partial charge in [-0.15, -0.1) is 0 Å². The Kier molecular flexibility index (Phi) is 6.73. The lowest BCUT2D eigenvalue weighted by Crippen LogP contribution is -2.44. The van der Waals surface area contributed by atoms with Crippen LogP contribution in [0.4, 0.5) is 5.82 Å². The van der Waals surface area contributed by atoms with Crippen LogP contribution in [0.5, 0.6) is 5.75 Å². The molecule has 1 fully saturated rings. The molecule has 1 atom stereocenters. The molecule has 1 aromatic carbocycles. The zero-order valence-corrected chi connectivity index (χ0v) is 19.9. The predicted octanol–water partition coefficient (Wildman–Crippen LogP) is 1.75. The fourth-order valence-electron chi connectivity index (χ4n) is 3.94. The average molecular weight is 477 g/mol. The van der Waals surface area contributed by atoms with Crippen LogP contribution in [0, 0.1) is 0 Å². The maximum absolute atomic E-state index is 9.97. The van der Waals surface area contributed by atoms with Crippen LogP contribution in [0.2, 0.25) is 0 Å². The van der Waals surface area contributed by atoms with Crippen molar-refractivity contribution in [2.45, 2.75) is 31.5 Å². The molecule has 0 amide bonds. The summed E-state index contributed by atoms with van der Waals surface area (Å²) in [5.41, 5.74) is 2.59. The summed E-state index contributed by atoms with van der Waals surface area (Å²) in [4.78, 5) is 15.2. The van der Waals surface area contributed by atoms with Crippen LogP contribution in [0.1, 0.15) is 24.6 Å². The SMILES string of the molecule is CNCC(O)COc1cccc(-c2nc(NCc3cccc[n+]3OC)c3cnn(C4CC4)c3n2)c1. The summed E-state index contributed by atoms with van der Waals surface area (Å²) in [5.74, 6) is 1.94. The zero-order chi connectivity index (χ0) is 24.2. The number of likely N-dealkylation sites (N-methyl/N-ethyl adjacent to an activating group) is 1. The third-order valence-corrected chi connectivity index (χ3v) is 5.86. The van der Waals surface area contributed by atoms with Crippen molar-refractivity contribution in [3.05, 3.63) is 60.6 Å². The second-order valence-corrected chi connectivity index (χ2v) is 8.56. The number of rotatable bonds is 11. The summed E-state index contributed by atoms with van der Waals surface area (Å²) >= 11 is 0. The lowest BCUT2D eigenvalue weighted by Gasteiger charge is -2.13. The Labute approximate surface area is 203 Å². The average Bonchev–Trinajstić information content (AvgIpc) is 3.64. The normalized spacial score (nSPS) is 14.1. The number of pyridine rings is 1. The third-order valence-electron chi connectivity index (χ3n) is 5.86. The highest BCUT2D eigenvalue weighted by Crippen LogP contribution is 2.37. The van der Waals surface area contributed by atoms with Crippen molar-refractivity contribution >= 4 is 16.9 Å². The number of aromatic nitrogens is 5. The van der Waals surface area contributed by atoms with E-state index < -0.39 is 6.10 Å². The van der Waals surface area contributed by atoms with E-state index in [9.17, 15) is 5.11 Å². The first-order valence-electron chi connectivity index (χ1n) is 11.8. The molecule has 1 aliphatic carbocycles. The minimum absolute atomic E-state index is 0.196. The van der Waals surface area contributed by atoms with Crippen molar-refractivity contribution in [3.8, 4) is 17.1 Å². The summed E-state index contributed by atoms with van der Waals surface area (Å²) in [7, 11) is 3.43. The monoisotopic (exact) mass is 476 g/mol. The van der Waals surface area contributed by atoms with E-state index in [0.29, 0.717) is 36.5 Å². The Morgan fingerprint density at radius 1 is 1.20 bits per heavy atom. The molecule has 0 bridgehead atoms. The van der Waals surface area contributed by atoms with Crippen LogP contribution in [-0.4, -0.2) is 58.3 Å². The van der Waals surface area contributed by atoms with Crippen molar-refractivity contribution in [2.24, 2.45) is 0 Å². The van der Waals surface area contributed by atoms with Gasteiger partial charge in [0.15, 0.2) is 11.5 Å². The summed E-state index contributed by atoms with van der Waals surface area (Å²) in [6, 6.07) is 13.9. The Balaban J connectivity index is 1.47. The molecule has 1 saturated carbocycles. The molecule has 10 nitrogen and oxygen atoms in total. The first-order chi connectivity index (χ1) is 17.2. The van der Waals surface area contributed by atoms with Gasteiger partial charge in [-0.05, 0) is 38.1 Å². The van der Waals surface area contributed by atoms with Crippen LogP contribution in [-0.2, 0) is 6.54 Å². The van der Waals surface area contributed by atoms with E-state index in [-0.39, 0.29) is 6.61 Å². The number of anilines is 1. The largest absolute Gasteiger partial charge is 0.491 e. The van der Waals surface area contributed by atoms with Crippen LogP contribution < -0.4 is 24.9 Å². The lowest BCUT2D eigenvalue weighted by molar-refractivity contribution is -0.890. The molecule has 1 unspecified atom stereocenters. The van der Waals surface area contributed by atoms with Crippen molar-refractivity contribution < 1.29 is 19.4 Å². The molecular formula is C25H30N7O3+. The highest BCUT2D eigenvalue weighted by Gasteiger charge is 2.28. The van der Waals surface area contributed by atoms with Crippen LogP contribution >= 0.6 is 0 Å².